The molecule has 7 N–H and O–H groups in total. The highest BCUT2D eigenvalue weighted by molar-refractivity contribution is 7.09. The lowest BCUT2D eigenvalue weighted by Gasteiger charge is -2.24. The van der Waals surface area contributed by atoms with Crippen molar-refractivity contribution in [2.45, 2.75) is 194 Å². The molecule has 6 fully saturated rings. The van der Waals surface area contributed by atoms with Crippen molar-refractivity contribution >= 4 is 58.1 Å². The highest BCUT2D eigenvalue weighted by Gasteiger charge is 2.35. The number of oxazole rings is 2. The second-order valence-electron chi connectivity index (χ2n) is 28.3. The predicted molar refractivity (Wildman–Crippen MR) is 392 cm³/mol. The molecule has 0 bridgehead atoms. The fourth-order valence-electron chi connectivity index (χ4n) is 13.7. The molecule has 0 aliphatic carbocycles. The van der Waals surface area contributed by atoms with Gasteiger partial charge in [0.1, 0.15) is 22.9 Å². The van der Waals surface area contributed by atoms with Gasteiger partial charge in [0.15, 0.2) is 12.2 Å². The van der Waals surface area contributed by atoms with E-state index in [1.54, 1.807) is 65.9 Å². The van der Waals surface area contributed by atoms with Crippen LogP contribution in [0.15, 0.2) is 86.3 Å². The summed E-state index contributed by atoms with van der Waals surface area (Å²) in [7, 11) is 11.1. The van der Waals surface area contributed by atoms with Crippen molar-refractivity contribution in [1.82, 2.24) is 96.4 Å². The standard InChI is InChI=1S/C12H20N4O.3C12H19N3O2.2C12H19N3OS/c1-9-3-4-10(13-2)12(17)16(7-9)8-11-14-5-6-15-11;1-9-3-4-11(13-2)12(16)15(6-9)7-10-5-14-8-17-10;1-9-3-4-11(13-2)12(16)15(7-9)8-10-5-6-14-17-10;1-9-3-4-10(13-2)12(16)15(7-9)8-11-14-5-6-17-11;1-9-3-4-11(13-2)12(16)15(6-9)7-10-5-14-8-17-10;1-9-3-4-10(13-2)12(16)15(7-9)8-11-14-5-6-17-11/h5-6,9-10,13H,3-4,7-8H2,1-2H3,(H,14,15);5,8-9,11,13H,3-4,6-7H2,1-2H3;5-6,9,11,13H,3-4,7-8H2,1-2H3;5-6,9-10,13H,3-4,7-8H2,1-2H3;5,8-9,11,13H,3-4,6-7H2,1-2H3;5-6,9-10,13H,3-4,7-8H2,1-2H3. The zero-order valence-electron chi connectivity index (χ0n) is 62.2. The first-order valence-electron chi connectivity index (χ1n) is 36.4. The van der Waals surface area contributed by atoms with Gasteiger partial charge in [-0.05, 0) is 155 Å². The Bertz CT molecular complexity index is 2750. The molecule has 102 heavy (non-hydrogen) atoms. The summed E-state index contributed by atoms with van der Waals surface area (Å²) in [6, 6.07) is 1.50. The van der Waals surface area contributed by atoms with Crippen LogP contribution in [0.3, 0.4) is 0 Å². The van der Waals surface area contributed by atoms with E-state index in [-0.39, 0.29) is 71.7 Å². The van der Waals surface area contributed by atoms with E-state index in [4.69, 9.17) is 13.4 Å². The molecule has 0 spiro atoms. The summed E-state index contributed by atoms with van der Waals surface area (Å²) in [5.74, 6) is 7.29. The Kier molecular flexibility index (Phi) is 34.6. The Morgan fingerprint density at radius 2 is 0.853 bits per heavy atom. The molecule has 0 aromatic carbocycles. The molecule has 12 rings (SSSR count). The third-order valence-electron chi connectivity index (χ3n) is 19.6. The number of carbonyl (C=O) groups excluding carboxylic acids is 6. The highest BCUT2D eigenvalue weighted by atomic mass is 32.1. The molecule has 0 saturated carbocycles. The lowest BCUT2D eigenvalue weighted by atomic mass is 10.0. The number of aromatic nitrogens is 7. The Morgan fingerprint density at radius 3 is 1.20 bits per heavy atom. The van der Waals surface area contributed by atoms with Gasteiger partial charge in [-0.1, -0.05) is 46.7 Å². The van der Waals surface area contributed by atoms with Gasteiger partial charge in [-0.15, -0.1) is 22.7 Å². The van der Waals surface area contributed by atoms with Gasteiger partial charge in [-0.2, -0.15) is 0 Å². The van der Waals surface area contributed by atoms with Gasteiger partial charge in [0.05, 0.1) is 99.6 Å². The zero-order chi connectivity index (χ0) is 73.5. The normalized spacial score (nSPS) is 26.0. The highest BCUT2D eigenvalue weighted by Crippen LogP contribution is 2.26. The quantitative estimate of drug-likeness (QED) is 0.0465. The number of hydrogen-bond acceptors (Lipinski definition) is 23. The zero-order valence-corrected chi connectivity index (χ0v) is 63.8. The molecule has 6 aromatic heterocycles. The van der Waals surface area contributed by atoms with Gasteiger partial charge in [0.2, 0.25) is 41.3 Å². The van der Waals surface area contributed by atoms with Crippen LogP contribution in [0, 0.1) is 35.5 Å². The van der Waals surface area contributed by atoms with Crippen LogP contribution in [0.25, 0.3) is 0 Å². The van der Waals surface area contributed by atoms with Crippen molar-refractivity contribution in [1.29, 1.82) is 0 Å². The number of rotatable bonds is 18. The van der Waals surface area contributed by atoms with Gasteiger partial charge in [0, 0.05) is 80.4 Å². The Hall–Kier alpha value is -7.32. The average Bonchev–Trinajstić information content (AvgIpc) is 1.74. The lowest BCUT2D eigenvalue weighted by Crippen LogP contribution is -2.44. The SMILES string of the molecule is CNC1CCC(C)CN(Cc2ccno2)C1=O.CNC1CCC(C)CN(Cc2cnco2)C1=O.CNC1CCC(C)CN(Cc2cncs2)C1=O.CNC1CCC(C)CN(Cc2ncc[nH]2)C1=O.CNC1CCC(C)CN(Cc2ncco2)C1=O.CNC1CCC(C)CN(Cc2nccs2)C1=O. The molecule has 12 heterocycles. The molecular weight excluding hydrogens is 1340 g/mol. The second kappa shape index (κ2) is 43.1. The summed E-state index contributed by atoms with van der Waals surface area (Å²) >= 11 is 3.22. The minimum atomic E-state index is -0.0742. The van der Waals surface area contributed by atoms with Crippen LogP contribution in [0.1, 0.15) is 152 Å². The molecule has 28 nitrogen and oxygen atoms in total. The van der Waals surface area contributed by atoms with Gasteiger partial charge in [-0.3, -0.25) is 33.8 Å². The van der Waals surface area contributed by atoms with E-state index in [0.717, 1.165) is 144 Å². The number of hydrogen-bond donors (Lipinski definition) is 7. The number of aromatic amines is 1. The molecule has 6 saturated heterocycles. The maximum atomic E-state index is 12.3. The van der Waals surface area contributed by atoms with Crippen molar-refractivity contribution in [3.63, 3.8) is 0 Å². The minimum Gasteiger partial charge on any atom is -0.447 e. The van der Waals surface area contributed by atoms with Crippen LogP contribution >= 0.6 is 22.7 Å². The number of amides is 6. The van der Waals surface area contributed by atoms with Gasteiger partial charge < -0.3 is 79.6 Å². The molecule has 6 aliphatic rings. The monoisotopic (exact) mass is 1450 g/mol. The molecule has 564 valence electrons. The molecule has 12 atom stereocenters. The smallest absolute Gasteiger partial charge is 0.240 e. The van der Waals surface area contributed by atoms with Crippen molar-refractivity contribution < 1.29 is 42.1 Å². The topological polar surface area (TPSA) is 327 Å². The molecular formula is C72H115N19O9S2. The number of imidazole rings is 1. The van der Waals surface area contributed by atoms with Gasteiger partial charge >= 0.3 is 0 Å². The van der Waals surface area contributed by atoms with Crippen LogP contribution in [0.2, 0.25) is 0 Å². The van der Waals surface area contributed by atoms with Crippen molar-refractivity contribution in [2.75, 3.05) is 81.6 Å². The average molecular weight is 1450 g/mol. The summed E-state index contributed by atoms with van der Waals surface area (Å²) in [6.07, 6.45) is 27.0. The Balaban J connectivity index is 0.000000172. The summed E-state index contributed by atoms with van der Waals surface area (Å²) < 4.78 is 15.5. The number of carbonyl (C=O) groups is 6. The molecule has 30 heteroatoms. The number of nitrogens with zero attached hydrogens (tertiary/aromatic N) is 12. The van der Waals surface area contributed by atoms with Crippen LogP contribution in [-0.4, -0.2) is 218 Å². The van der Waals surface area contributed by atoms with Crippen LogP contribution < -0.4 is 31.9 Å². The number of H-pyrrole nitrogens is 1. The maximum Gasteiger partial charge on any atom is 0.240 e. The molecule has 6 amide bonds. The van der Waals surface area contributed by atoms with Crippen LogP contribution in [0.4, 0.5) is 0 Å². The molecule has 6 aliphatic heterocycles. The van der Waals surface area contributed by atoms with Crippen molar-refractivity contribution in [2.24, 2.45) is 35.5 Å². The van der Waals surface area contributed by atoms with Crippen molar-refractivity contribution in [3.05, 3.63) is 106 Å². The number of thiazole rings is 2. The Labute approximate surface area is 610 Å². The molecule has 0 radical (unpaired) electrons. The minimum absolute atomic E-state index is 0.0205. The largest absolute Gasteiger partial charge is 0.447 e. The van der Waals surface area contributed by atoms with E-state index in [9.17, 15) is 28.8 Å². The first-order valence-corrected chi connectivity index (χ1v) is 38.1. The fourth-order valence-corrected chi connectivity index (χ4v) is 14.9. The summed E-state index contributed by atoms with van der Waals surface area (Å²) in [5.41, 5.74) is 1.82. The lowest BCUT2D eigenvalue weighted by molar-refractivity contribution is -0.134. The van der Waals surface area contributed by atoms with E-state index in [1.807, 2.05) is 88.8 Å². The summed E-state index contributed by atoms with van der Waals surface area (Å²) in [4.78, 5) is 110. The van der Waals surface area contributed by atoms with Gasteiger partial charge in [-0.25, -0.2) is 19.9 Å². The van der Waals surface area contributed by atoms with E-state index in [0.29, 0.717) is 80.7 Å². The third kappa shape index (κ3) is 26.1. The third-order valence-corrected chi connectivity index (χ3v) is 21.2. The number of likely N-dealkylation sites (tertiary alicyclic amines) is 6. The summed E-state index contributed by atoms with van der Waals surface area (Å²) in [6.45, 7) is 21.4. The van der Waals surface area contributed by atoms with E-state index in [1.165, 1.54) is 12.7 Å². The van der Waals surface area contributed by atoms with Crippen LogP contribution in [-0.2, 0) is 68.0 Å². The Morgan fingerprint density at radius 1 is 0.431 bits per heavy atom. The van der Waals surface area contributed by atoms with Crippen LogP contribution in [0.5, 0.6) is 0 Å². The fraction of sp³-hybridized carbons (Fsp3) is 0.667. The summed E-state index contributed by atoms with van der Waals surface area (Å²) in [5, 5.41) is 25.2. The van der Waals surface area contributed by atoms with Gasteiger partial charge in [0.25, 0.3) is 0 Å². The van der Waals surface area contributed by atoms with Crippen molar-refractivity contribution in [3.8, 4) is 0 Å². The molecule has 6 aromatic rings. The van der Waals surface area contributed by atoms with E-state index in [2.05, 4.69) is 109 Å². The number of nitrogens with one attached hydrogen (secondary N) is 7. The maximum absolute atomic E-state index is 12.3. The second-order valence-corrected chi connectivity index (χ2v) is 30.2. The van der Waals surface area contributed by atoms with E-state index < -0.39 is 0 Å². The molecule has 12 unspecified atom stereocenters. The number of likely N-dealkylation sites (N-methyl/N-ethyl adjacent to an activating group) is 6. The predicted octanol–water partition coefficient (Wildman–Crippen LogP) is 6.80. The first-order chi connectivity index (χ1) is 49.2. The van der Waals surface area contributed by atoms with E-state index >= 15 is 0 Å². The first kappa shape index (κ1) is 82.0.